The van der Waals surface area contributed by atoms with E-state index in [2.05, 4.69) is 4.98 Å². The molecule has 0 amide bonds. The molecule has 0 unspecified atom stereocenters. The molecule has 4 aromatic rings. The van der Waals surface area contributed by atoms with Crippen molar-refractivity contribution >= 4 is 0 Å². The Kier molecular flexibility index (Phi) is 7.07. The summed E-state index contributed by atoms with van der Waals surface area (Å²) in [7, 11) is 0. The van der Waals surface area contributed by atoms with Crippen LogP contribution in [0.2, 0.25) is 0 Å². The molecule has 1 atom stereocenters. The van der Waals surface area contributed by atoms with E-state index in [0.29, 0.717) is 17.7 Å². The highest BCUT2D eigenvalue weighted by Gasteiger charge is 2.23. The minimum atomic E-state index is -2.95. The molecule has 188 valence electrons. The molecule has 0 saturated carbocycles. The normalized spacial score (nSPS) is 12.4. The Hall–Kier alpha value is -3.79. The fraction of sp³-hybridized carbons (Fsp3) is 0.231. The summed E-state index contributed by atoms with van der Waals surface area (Å²) in [6.45, 7) is 2.88. The zero-order valence-electron chi connectivity index (χ0n) is 19.4. The van der Waals surface area contributed by atoms with Crippen molar-refractivity contribution in [3.63, 3.8) is 0 Å². The van der Waals surface area contributed by atoms with Gasteiger partial charge in [-0.15, -0.1) is 0 Å². The third-order valence-corrected chi connectivity index (χ3v) is 5.94. The van der Waals surface area contributed by atoms with Gasteiger partial charge in [0.1, 0.15) is 0 Å². The van der Waals surface area contributed by atoms with Crippen molar-refractivity contribution in [1.82, 2.24) is 14.1 Å². The molecule has 0 bridgehead atoms. The number of hydrogen-bond acceptors (Lipinski definition) is 3. The second kappa shape index (κ2) is 10.1. The number of rotatable bonds is 7. The Labute approximate surface area is 203 Å². The van der Waals surface area contributed by atoms with Gasteiger partial charge in [0.25, 0.3) is 12.0 Å². The van der Waals surface area contributed by atoms with E-state index in [-0.39, 0.29) is 17.5 Å². The smallest absolute Gasteiger partial charge is 0.265 e. The molecular formula is C26H22F5N3O2. The van der Waals surface area contributed by atoms with Crippen LogP contribution in [0.15, 0.2) is 59.9 Å². The quantitative estimate of drug-likeness (QED) is 0.279. The van der Waals surface area contributed by atoms with Crippen LogP contribution in [0, 0.1) is 31.3 Å². The van der Waals surface area contributed by atoms with Crippen LogP contribution in [0.5, 0.6) is 0 Å². The van der Waals surface area contributed by atoms with Crippen LogP contribution in [-0.4, -0.2) is 25.8 Å². The van der Waals surface area contributed by atoms with Gasteiger partial charge in [-0.25, -0.2) is 26.9 Å². The Morgan fingerprint density at radius 1 is 0.972 bits per heavy atom. The van der Waals surface area contributed by atoms with Gasteiger partial charge >= 0.3 is 0 Å². The lowest BCUT2D eigenvalue weighted by molar-refractivity contribution is 0.149. The van der Waals surface area contributed by atoms with Gasteiger partial charge in [0, 0.05) is 35.6 Å². The van der Waals surface area contributed by atoms with E-state index in [1.54, 1.807) is 12.4 Å². The van der Waals surface area contributed by atoms with Crippen LogP contribution in [0.4, 0.5) is 22.0 Å². The molecule has 36 heavy (non-hydrogen) atoms. The highest BCUT2D eigenvalue weighted by molar-refractivity contribution is 5.44. The standard InChI is InChI=1S/C26H22F5N3O2/c1-14-5-16(3-4-22(14)33-10-15(2)32-13-33)6-18-7-19(25(30)31)11-34(26(18)36)23(12-35)17-8-20(27)24(29)21(28)9-17/h3-5,7-11,13,23,25,35H,6,12H2,1-2H3/t23-/m0/s1. The summed E-state index contributed by atoms with van der Waals surface area (Å²) in [6, 6.07) is 6.31. The van der Waals surface area contributed by atoms with Crippen molar-refractivity contribution < 1.29 is 27.1 Å². The number of benzene rings is 2. The third kappa shape index (κ3) is 4.94. The van der Waals surface area contributed by atoms with Gasteiger partial charge in [-0.05, 0) is 54.8 Å². The number of halogens is 5. The fourth-order valence-electron chi connectivity index (χ4n) is 4.17. The highest BCUT2D eigenvalue weighted by atomic mass is 19.3. The Bertz CT molecular complexity index is 1460. The summed E-state index contributed by atoms with van der Waals surface area (Å²) in [4.78, 5) is 17.5. The molecule has 0 aliphatic rings. The molecule has 2 aromatic heterocycles. The van der Waals surface area contributed by atoms with Crippen LogP contribution < -0.4 is 5.56 Å². The Morgan fingerprint density at radius 2 is 1.67 bits per heavy atom. The zero-order chi connectivity index (χ0) is 26.1. The monoisotopic (exact) mass is 503 g/mol. The lowest BCUT2D eigenvalue weighted by Crippen LogP contribution is -2.31. The maximum absolute atomic E-state index is 13.8. The van der Waals surface area contributed by atoms with Gasteiger partial charge in [0.2, 0.25) is 0 Å². The van der Waals surface area contributed by atoms with Crippen LogP contribution in [0.25, 0.3) is 5.69 Å². The molecule has 1 N–H and O–H groups in total. The maximum Gasteiger partial charge on any atom is 0.265 e. The first-order valence-electron chi connectivity index (χ1n) is 11.0. The predicted octanol–water partition coefficient (Wildman–Crippen LogP) is 5.18. The van der Waals surface area contributed by atoms with Crippen molar-refractivity contribution in [2.75, 3.05) is 6.61 Å². The fourth-order valence-corrected chi connectivity index (χ4v) is 4.17. The van der Waals surface area contributed by atoms with Gasteiger partial charge in [-0.1, -0.05) is 12.1 Å². The first-order chi connectivity index (χ1) is 17.1. The Morgan fingerprint density at radius 3 is 2.22 bits per heavy atom. The topological polar surface area (TPSA) is 60.0 Å². The summed E-state index contributed by atoms with van der Waals surface area (Å²) >= 11 is 0. The second-order valence-corrected chi connectivity index (χ2v) is 8.53. The lowest BCUT2D eigenvalue weighted by Gasteiger charge is -2.21. The summed E-state index contributed by atoms with van der Waals surface area (Å²) in [5.41, 5.74) is 1.72. The largest absolute Gasteiger partial charge is 0.394 e. The van der Waals surface area contributed by atoms with Crippen LogP contribution >= 0.6 is 0 Å². The lowest BCUT2D eigenvalue weighted by atomic mass is 10.0. The number of alkyl halides is 2. The van der Waals surface area contributed by atoms with Crippen LogP contribution in [-0.2, 0) is 6.42 Å². The van der Waals surface area contributed by atoms with E-state index in [0.717, 1.165) is 33.8 Å². The van der Waals surface area contributed by atoms with E-state index in [1.807, 2.05) is 36.7 Å². The molecule has 2 aromatic carbocycles. The minimum absolute atomic E-state index is 0.0000640. The maximum atomic E-state index is 13.8. The number of pyridine rings is 1. The molecule has 4 rings (SSSR count). The molecule has 10 heteroatoms. The molecule has 0 radical (unpaired) electrons. The van der Waals surface area contributed by atoms with Crippen molar-refractivity contribution in [2.24, 2.45) is 0 Å². The summed E-state index contributed by atoms with van der Waals surface area (Å²) < 4.78 is 71.1. The number of hydrogen-bond donors (Lipinski definition) is 1. The number of aryl methyl sites for hydroxylation is 2. The number of imidazole rings is 1. The minimum Gasteiger partial charge on any atom is -0.394 e. The molecule has 0 spiro atoms. The molecule has 5 nitrogen and oxygen atoms in total. The van der Waals surface area contributed by atoms with E-state index in [1.165, 1.54) is 0 Å². The zero-order valence-corrected chi connectivity index (χ0v) is 19.4. The van der Waals surface area contributed by atoms with Gasteiger partial charge in [0.15, 0.2) is 17.5 Å². The van der Waals surface area contributed by atoms with E-state index in [9.17, 15) is 31.9 Å². The van der Waals surface area contributed by atoms with Gasteiger partial charge in [-0.2, -0.15) is 0 Å². The van der Waals surface area contributed by atoms with Crippen LogP contribution in [0.1, 0.15) is 46.0 Å². The highest BCUT2D eigenvalue weighted by Crippen LogP contribution is 2.26. The van der Waals surface area contributed by atoms with Gasteiger partial charge < -0.3 is 14.2 Å². The average Bonchev–Trinajstić information content (AvgIpc) is 3.25. The van der Waals surface area contributed by atoms with E-state index >= 15 is 0 Å². The number of nitrogens with zero attached hydrogens (tertiary/aromatic N) is 3. The SMILES string of the molecule is Cc1cn(-c2ccc(Cc3cc(C(F)F)cn([C@@H](CO)c4cc(F)c(F)c(F)c4)c3=O)cc2C)cn1. The van der Waals surface area contributed by atoms with Crippen molar-refractivity contribution in [3.05, 3.63) is 116 Å². The third-order valence-electron chi connectivity index (χ3n) is 5.94. The van der Waals surface area contributed by atoms with Gasteiger partial charge in [0.05, 0.1) is 24.7 Å². The summed E-state index contributed by atoms with van der Waals surface area (Å²) in [5, 5.41) is 9.90. The summed E-state index contributed by atoms with van der Waals surface area (Å²) in [6.07, 6.45) is 1.39. The van der Waals surface area contributed by atoms with Gasteiger partial charge in [-0.3, -0.25) is 4.79 Å². The average molecular weight is 503 g/mol. The Balaban J connectivity index is 1.76. The summed E-state index contributed by atoms with van der Waals surface area (Å²) in [5.74, 6) is -4.76. The van der Waals surface area contributed by atoms with Crippen molar-refractivity contribution in [1.29, 1.82) is 0 Å². The molecule has 0 aliphatic heterocycles. The number of aliphatic hydroxyl groups is 1. The number of aromatic nitrogens is 3. The van der Waals surface area contributed by atoms with E-state index < -0.39 is 47.6 Å². The molecule has 0 aliphatic carbocycles. The van der Waals surface area contributed by atoms with Crippen molar-refractivity contribution in [2.45, 2.75) is 32.7 Å². The first-order valence-corrected chi connectivity index (χ1v) is 11.0. The van der Waals surface area contributed by atoms with E-state index in [4.69, 9.17) is 0 Å². The first kappa shape index (κ1) is 25.3. The number of aliphatic hydroxyl groups excluding tert-OH is 1. The predicted molar refractivity (Wildman–Crippen MR) is 123 cm³/mol. The van der Waals surface area contributed by atoms with Crippen LogP contribution in [0.3, 0.4) is 0 Å². The second-order valence-electron chi connectivity index (χ2n) is 8.53. The molecule has 2 heterocycles. The molecule has 0 saturated heterocycles. The van der Waals surface area contributed by atoms with Crippen molar-refractivity contribution in [3.8, 4) is 5.69 Å². The molecule has 0 fully saturated rings. The molecular weight excluding hydrogens is 481 g/mol.